The monoisotopic (exact) mass is 269 g/mol. The molecule has 0 spiro atoms. The molecule has 0 radical (unpaired) electrons. The summed E-state index contributed by atoms with van der Waals surface area (Å²) in [7, 11) is 3.17. The van der Waals surface area contributed by atoms with Crippen LogP contribution < -0.4 is 9.47 Å². The first-order valence-electron chi connectivity index (χ1n) is 6.09. The fourth-order valence-electron chi connectivity index (χ4n) is 1.73. The number of hydrogen-bond donors (Lipinski definition) is 0. The van der Waals surface area contributed by atoms with E-state index in [0.29, 0.717) is 17.1 Å². The van der Waals surface area contributed by atoms with Crippen LogP contribution in [0.25, 0.3) is 6.08 Å². The number of benzene rings is 1. The van der Waals surface area contributed by atoms with Crippen LogP contribution in [0.4, 0.5) is 0 Å². The molecule has 0 aliphatic heterocycles. The molecule has 0 unspecified atom stereocenters. The summed E-state index contributed by atoms with van der Waals surface area (Å²) in [5.41, 5.74) is 1.42. The molecule has 1 heterocycles. The van der Waals surface area contributed by atoms with Crippen molar-refractivity contribution in [3.63, 3.8) is 0 Å². The van der Waals surface area contributed by atoms with Crippen LogP contribution in [0.1, 0.15) is 15.9 Å². The van der Waals surface area contributed by atoms with Gasteiger partial charge in [0.05, 0.1) is 14.2 Å². The second kappa shape index (κ2) is 6.52. The average Bonchev–Trinajstić information content (AvgIpc) is 2.53. The number of ether oxygens (including phenoxy) is 2. The van der Waals surface area contributed by atoms with Crippen molar-refractivity contribution >= 4 is 11.9 Å². The van der Waals surface area contributed by atoms with Gasteiger partial charge in [-0.2, -0.15) is 0 Å². The van der Waals surface area contributed by atoms with Crippen LogP contribution in [0.2, 0.25) is 0 Å². The minimum atomic E-state index is -0.0785. The van der Waals surface area contributed by atoms with E-state index in [1.54, 1.807) is 50.9 Å². The van der Waals surface area contributed by atoms with E-state index in [0.717, 1.165) is 5.56 Å². The Kier molecular flexibility index (Phi) is 4.50. The van der Waals surface area contributed by atoms with Gasteiger partial charge in [-0.3, -0.25) is 9.78 Å². The molecule has 20 heavy (non-hydrogen) atoms. The number of aromatic nitrogens is 1. The summed E-state index contributed by atoms with van der Waals surface area (Å²) < 4.78 is 10.4. The summed E-state index contributed by atoms with van der Waals surface area (Å²) in [4.78, 5) is 15.8. The molecule has 0 N–H and O–H groups in total. The molecule has 0 saturated carbocycles. The molecule has 4 nitrogen and oxygen atoms in total. The predicted octanol–water partition coefficient (Wildman–Crippen LogP) is 2.99. The molecule has 2 aromatic rings. The molecule has 102 valence electrons. The number of hydrogen-bond acceptors (Lipinski definition) is 4. The second-order valence-electron chi connectivity index (χ2n) is 4.04. The SMILES string of the molecule is COc1ccc(/C=C\C(=O)c2ccncc2)c(OC)c1. The van der Waals surface area contributed by atoms with Gasteiger partial charge < -0.3 is 9.47 Å². The molecule has 0 amide bonds. The summed E-state index contributed by atoms with van der Waals surface area (Å²) in [5, 5.41) is 0. The lowest BCUT2D eigenvalue weighted by molar-refractivity contribution is 0.104. The fourth-order valence-corrected chi connectivity index (χ4v) is 1.73. The Labute approximate surface area is 117 Å². The molecule has 4 heteroatoms. The Morgan fingerprint density at radius 1 is 1.10 bits per heavy atom. The summed E-state index contributed by atoms with van der Waals surface area (Å²) in [5.74, 6) is 1.29. The number of allylic oxidation sites excluding steroid dienone is 1. The maximum Gasteiger partial charge on any atom is 0.185 e. The highest BCUT2D eigenvalue weighted by Crippen LogP contribution is 2.25. The van der Waals surface area contributed by atoms with Gasteiger partial charge in [0.15, 0.2) is 5.78 Å². The molecular weight excluding hydrogens is 254 g/mol. The van der Waals surface area contributed by atoms with Crippen molar-refractivity contribution in [2.24, 2.45) is 0 Å². The van der Waals surface area contributed by atoms with E-state index in [1.165, 1.54) is 6.08 Å². The topological polar surface area (TPSA) is 48.4 Å². The zero-order chi connectivity index (χ0) is 14.4. The Balaban J connectivity index is 2.21. The van der Waals surface area contributed by atoms with E-state index >= 15 is 0 Å². The van der Waals surface area contributed by atoms with Gasteiger partial charge in [-0.05, 0) is 36.4 Å². The van der Waals surface area contributed by atoms with Gasteiger partial charge in [0.25, 0.3) is 0 Å². The van der Waals surface area contributed by atoms with E-state index in [-0.39, 0.29) is 5.78 Å². The van der Waals surface area contributed by atoms with Crippen LogP contribution >= 0.6 is 0 Å². The van der Waals surface area contributed by atoms with Crippen molar-refractivity contribution in [1.82, 2.24) is 4.98 Å². The standard InChI is InChI=1S/C16H15NO3/c1-19-14-5-3-13(16(11-14)20-2)4-6-15(18)12-7-9-17-10-8-12/h3-11H,1-2H3/b6-4-. The van der Waals surface area contributed by atoms with E-state index < -0.39 is 0 Å². The molecular formula is C16H15NO3. The van der Waals surface area contributed by atoms with Crippen molar-refractivity contribution in [2.45, 2.75) is 0 Å². The molecule has 0 aliphatic carbocycles. The van der Waals surface area contributed by atoms with Gasteiger partial charge in [-0.15, -0.1) is 0 Å². The van der Waals surface area contributed by atoms with Crippen LogP contribution in [-0.4, -0.2) is 25.0 Å². The summed E-state index contributed by atoms with van der Waals surface area (Å²) in [6.45, 7) is 0. The number of ketones is 1. The highest BCUT2D eigenvalue weighted by atomic mass is 16.5. The molecule has 0 saturated heterocycles. The van der Waals surface area contributed by atoms with Crippen molar-refractivity contribution in [1.29, 1.82) is 0 Å². The first-order chi connectivity index (χ1) is 9.74. The zero-order valence-corrected chi connectivity index (χ0v) is 11.4. The fraction of sp³-hybridized carbons (Fsp3) is 0.125. The van der Waals surface area contributed by atoms with E-state index in [1.807, 2.05) is 12.1 Å². The zero-order valence-electron chi connectivity index (χ0n) is 11.4. The Morgan fingerprint density at radius 2 is 1.85 bits per heavy atom. The van der Waals surface area contributed by atoms with Crippen molar-refractivity contribution in [2.75, 3.05) is 14.2 Å². The van der Waals surface area contributed by atoms with Crippen LogP contribution in [0.5, 0.6) is 11.5 Å². The van der Waals surface area contributed by atoms with Gasteiger partial charge in [-0.25, -0.2) is 0 Å². The van der Waals surface area contributed by atoms with E-state index in [2.05, 4.69) is 4.98 Å². The number of methoxy groups -OCH3 is 2. The third kappa shape index (κ3) is 3.23. The molecule has 2 rings (SSSR count). The molecule has 1 aromatic heterocycles. The van der Waals surface area contributed by atoms with Gasteiger partial charge in [0.2, 0.25) is 0 Å². The number of pyridine rings is 1. The Bertz CT molecular complexity index is 621. The first-order valence-corrected chi connectivity index (χ1v) is 6.09. The third-order valence-corrected chi connectivity index (χ3v) is 2.82. The van der Waals surface area contributed by atoms with Gasteiger partial charge in [0, 0.05) is 29.6 Å². The van der Waals surface area contributed by atoms with Gasteiger partial charge in [-0.1, -0.05) is 0 Å². The lowest BCUT2D eigenvalue weighted by Crippen LogP contribution is -1.94. The number of nitrogens with zero attached hydrogens (tertiary/aromatic N) is 1. The largest absolute Gasteiger partial charge is 0.497 e. The molecule has 0 bridgehead atoms. The van der Waals surface area contributed by atoms with E-state index in [9.17, 15) is 4.79 Å². The molecule has 1 aromatic carbocycles. The number of carbonyl (C=O) groups excluding carboxylic acids is 1. The van der Waals surface area contributed by atoms with Crippen LogP contribution in [-0.2, 0) is 0 Å². The lowest BCUT2D eigenvalue weighted by Gasteiger charge is -2.07. The summed E-state index contributed by atoms with van der Waals surface area (Å²) in [6, 6.07) is 8.79. The Hall–Kier alpha value is -2.62. The quantitative estimate of drug-likeness (QED) is 0.618. The number of rotatable bonds is 5. The normalized spacial score (nSPS) is 10.5. The van der Waals surface area contributed by atoms with Crippen LogP contribution in [0.15, 0.2) is 48.8 Å². The summed E-state index contributed by atoms with van der Waals surface area (Å²) in [6.07, 6.45) is 6.42. The highest BCUT2D eigenvalue weighted by Gasteiger charge is 2.04. The van der Waals surface area contributed by atoms with Crippen molar-refractivity contribution in [3.8, 4) is 11.5 Å². The lowest BCUT2D eigenvalue weighted by atomic mass is 10.1. The third-order valence-electron chi connectivity index (χ3n) is 2.82. The highest BCUT2D eigenvalue weighted by molar-refractivity contribution is 6.06. The van der Waals surface area contributed by atoms with Crippen molar-refractivity contribution < 1.29 is 14.3 Å². The minimum absolute atomic E-state index is 0.0785. The smallest absolute Gasteiger partial charge is 0.185 e. The van der Waals surface area contributed by atoms with Crippen LogP contribution in [0, 0.1) is 0 Å². The van der Waals surface area contributed by atoms with Crippen molar-refractivity contribution in [3.05, 3.63) is 59.9 Å². The number of carbonyl (C=O) groups is 1. The minimum Gasteiger partial charge on any atom is -0.497 e. The second-order valence-corrected chi connectivity index (χ2v) is 4.04. The summed E-state index contributed by atoms with van der Waals surface area (Å²) >= 11 is 0. The van der Waals surface area contributed by atoms with E-state index in [4.69, 9.17) is 9.47 Å². The maximum atomic E-state index is 12.0. The van der Waals surface area contributed by atoms with Gasteiger partial charge in [0.1, 0.15) is 11.5 Å². The Morgan fingerprint density at radius 3 is 2.50 bits per heavy atom. The molecule has 0 atom stereocenters. The molecule has 0 aliphatic rings. The molecule has 0 fully saturated rings. The van der Waals surface area contributed by atoms with Crippen LogP contribution in [0.3, 0.4) is 0 Å². The van der Waals surface area contributed by atoms with Gasteiger partial charge >= 0.3 is 0 Å². The first kappa shape index (κ1) is 13.8. The average molecular weight is 269 g/mol. The predicted molar refractivity (Wildman–Crippen MR) is 77.1 cm³/mol. The maximum absolute atomic E-state index is 12.0.